The highest BCUT2D eigenvalue weighted by atomic mass is 16.5. The van der Waals surface area contributed by atoms with Gasteiger partial charge < -0.3 is 15.4 Å². The molecule has 2 rings (SSSR count). The van der Waals surface area contributed by atoms with Crippen molar-refractivity contribution in [1.82, 2.24) is 9.80 Å². The van der Waals surface area contributed by atoms with E-state index >= 15 is 0 Å². The van der Waals surface area contributed by atoms with Crippen LogP contribution in [0.15, 0.2) is 0 Å². The third-order valence-corrected chi connectivity index (χ3v) is 5.59. The number of hydrogen-bond donors (Lipinski definition) is 1. The molecular formula is C17H35N3O. The lowest BCUT2D eigenvalue weighted by Crippen LogP contribution is -2.62. The molecule has 0 aromatic heterocycles. The third kappa shape index (κ3) is 3.79. The Labute approximate surface area is 131 Å². The summed E-state index contributed by atoms with van der Waals surface area (Å²) in [6.07, 6.45) is 5.01. The van der Waals surface area contributed by atoms with Crippen LogP contribution in [0, 0.1) is 5.92 Å². The smallest absolute Gasteiger partial charge is 0.0616 e. The minimum atomic E-state index is 0.152. The van der Waals surface area contributed by atoms with Crippen LogP contribution in [0.2, 0.25) is 0 Å². The van der Waals surface area contributed by atoms with Crippen LogP contribution in [0.25, 0.3) is 0 Å². The van der Waals surface area contributed by atoms with Gasteiger partial charge in [0, 0.05) is 37.8 Å². The Morgan fingerprint density at radius 1 is 1.33 bits per heavy atom. The molecule has 0 aromatic rings. The van der Waals surface area contributed by atoms with Gasteiger partial charge in [0.25, 0.3) is 0 Å². The van der Waals surface area contributed by atoms with Gasteiger partial charge in [-0.05, 0) is 45.2 Å². The van der Waals surface area contributed by atoms with Crippen LogP contribution in [0.1, 0.15) is 46.5 Å². The molecule has 2 heterocycles. The van der Waals surface area contributed by atoms with Crippen LogP contribution < -0.4 is 5.73 Å². The van der Waals surface area contributed by atoms with Gasteiger partial charge in [-0.1, -0.05) is 20.8 Å². The van der Waals surface area contributed by atoms with Gasteiger partial charge in [0.05, 0.1) is 6.10 Å². The largest absolute Gasteiger partial charge is 0.378 e. The van der Waals surface area contributed by atoms with Crippen molar-refractivity contribution >= 4 is 0 Å². The Morgan fingerprint density at radius 3 is 2.71 bits per heavy atom. The Hall–Kier alpha value is -0.160. The molecule has 0 aromatic carbocycles. The van der Waals surface area contributed by atoms with Gasteiger partial charge in [-0.2, -0.15) is 0 Å². The van der Waals surface area contributed by atoms with Crippen LogP contribution in [-0.4, -0.2) is 67.3 Å². The van der Waals surface area contributed by atoms with Gasteiger partial charge in [-0.15, -0.1) is 0 Å². The summed E-state index contributed by atoms with van der Waals surface area (Å²) in [5.41, 5.74) is 6.48. The molecule has 2 fully saturated rings. The van der Waals surface area contributed by atoms with Crippen molar-refractivity contribution in [2.45, 2.75) is 64.1 Å². The molecule has 2 N–H and O–H groups in total. The number of ether oxygens (including phenoxy) is 1. The molecule has 3 unspecified atom stereocenters. The molecule has 4 heteroatoms. The molecule has 0 saturated carbocycles. The van der Waals surface area contributed by atoms with Crippen molar-refractivity contribution in [2.75, 3.05) is 39.8 Å². The number of likely N-dealkylation sites (N-methyl/N-ethyl adjacent to an activating group) is 1. The highest BCUT2D eigenvalue weighted by molar-refractivity contribution is 5.00. The first-order chi connectivity index (χ1) is 10.0. The summed E-state index contributed by atoms with van der Waals surface area (Å²) in [5.74, 6) is 0.575. The van der Waals surface area contributed by atoms with Gasteiger partial charge in [0.2, 0.25) is 0 Å². The summed E-state index contributed by atoms with van der Waals surface area (Å²) in [6, 6.07) is 0.631. The van der Waals surface area contributed by atoms with Gasteiger partial charge in [-0.25, -0.2) is 0 Å². The van der Waals surface area contributed by atoms with E-state index in [1.807, 2.05) is 0 Å². The molecular weight excluding hydrogens is 262 g/mol. The molecule has 2 saturated heterocycles. The van der Waals surface area contributed by atoms with E-state index in [0.717, 1.165) is 26.0 Å². The second kappa shape index (κ2) is 7.40. The Morgan fingerprint density at radius 2 is 2.10 bits per heavy atom. The standard InChI is InChI=1S/C17H35N3O/c1-5-15-12-19(4)8-6-9-20(15)17(13-18)7-10-21-16(11-17)14(2)3/h14-16H,5-13,18H2,1-4H3. The second-order valence-corrected chi connectivity index (χ2v) is 7.41. The highest BCUT2D eigenvalue weighted by Crippen LogP contribution is 2.35. The SMILES string of the molecule is CCC1CN(C)CCCN1C1(CN)CCOC(C(C)C)C1. The molecule has 124 valence electrons. The van der Waals surface area contributed by atoms with Crippen LogP contribution in [-0.2, 0) is 4.74 Å². The summed E-state index contributed by atoms with van der Waals surface area (Å²) >= 11 is 0. The molecule has 2 aliphatic heterocycles. The van der Waals surface area contributed by atoms with Crippen LogP contribution in [0.4, 0.5) is 0 Å². The Balaban J connectivity index is 2.20. The zero-order valence-electron chi connectivity index (χ0n) is 14.5. The van der Waals surface area contributed by atoms with E-state index in [-0.39, 0.29) is 5.54 Å². The van der Waals surface area contributed by atoms with E-state index in [0.29, 0.717) is 18.1 Å². The average Bonchev–Trinajstić information content (AvgIpc) is 2.68. The van der Waals surface area contributed by atoms with Crippen LogP contribution >= 0.6 is 0 Å². The molecule has 0 amide bonds. The van der Waals surface area contributed by atoms with E-state index in [2.05, 4.69) is 37.6 Å². The minimum Gasteiger partial charge on any atom is -0.378 e. The van der Waals surface area contributed by atoms with Crippen molar-refractivity contribution in [3.8, 4) is 0 Å². The first kappa shape index (κ1) is 17.2. The summed E-state index contributed by atoms with van der Waals surface area (Å²) in [7, 11) is 2.25. The van der Waals surface area contributed by atoms with Crippen molar-refractivity contribution < 1.29 is 4.74 Å². The maximum Gasteiger partial charge on any atom is 0.0616 e. The summed E-state index contributed by atoms with van der Waals surface area (Å²) in [5, 5.41) is 0. The number of hydrogen-bond acceptors (Lipinski definition) is 4. The molecule has 4 nitrogen and oxygen atoms in total. The zero-order chi connectivity index (χ0) is 15.5. The maximum atomic E-state index is 6.32. The fourth-order valence-electron chi connectivity index (χ4n) is 4.14. The lowest BCUT2D eigenvalue weighted by atomic mass is 9.80. The highest BCUT2D eigenvalue weighted by Gasteiger charge is 2.44. The van der Waals surface area contributed by atoms with Crippen molar-refractivity contribution in [1.29, 1.82) is 0 Å². The maximum absolute atomic E-state index is 6.32. The van der Waals surface area contributed by atoms with Gasteiger partial charge in [0.1, 0.15) is 0 Å². The van der Waals surface area contributed by atoms with Gasteiger partial charge >= 0.3 is 0 Å². The molecule has 2 aliphatic rings. The van der Waals surface area contributed by atoms with E-state index in [1.54, 1.807) is 0 Å². The molecule has 0 radical (unpaired) electrons. The topological polar surface area (TPSA) is 41.7 Å². The number of nitrogens with zero attached hydrogens (tertiary/aromatic N) is 2. The summed E-state index contributed by atoms with van der Waals surface area (Å²) in [6.45, 7) is 12.0. The Kier molecular flexibility index (Phi) is 6.06. The lowest BCUT2D eigenvalue weighted by Gasteiger charge is -2.51. The molecule has 0 bridgehead atoms. The average molecular weight is 297 g/mol. The monoisotopic (exact) mass is 297 g/mol. The third-order valence-electron chi connectivity index (χ3n) is 5.59. The lowest BCUT2D eigenvalue weighted by molar-refractivity contribution is -0.0978. The number of nitrogens with two attached hydrogens (primary N) is 1. The quantitative estimate of drug-likeness (QED) is 0.861. The van der Waals surface area contributed by atoms with E-state index in [9.17, 15) is 0 Å². The van der Waals surface area contributed by atoms with E-state index < -0.39 is 0 Å². The first-order valence-electron chi connectivity index (χ1n) is 8.79. The summed E-state index contributed by atoms with van der Waals surface area (Å²) < 4.78 is 6.02. The zero-order valence-corrected chi connectivity index (χ0v) is 14.5. The predicted octanol–water partition coefficient (Wildman–Crippen LogP) is 1.94. The number of rotatable bonds is 4. The van der Waals surface area contributed by atoms with Crippen molar-refractivity contribution in [3.63, 3.8) is 0 Å². The predicted molar refractivity (Wildman–Crippen MR) is 88.5 cm³/mol. The van der Waals surface area contributed by atoms with Crippen LogP contribution in [0.3, 0.4) is 0 Å². The fraction of sp³-hybridized carbons (Fsp3) is 1.00. The molecule has 0 aliphatic carbocycles. The summed E-state index contributed by atoms with van der Waals surface area (Å²) in [4.78, 5) is 5.24. The normalized spacial score (nSPS) is 36.9. The van der Waals surface area contributed by atoms with E-state index in [1.165, 1.54) is 32.5 Å². The Bertz CT molecular complexity index is 323. The fourth-order valence-corrected chi connectivity index (χ4v) is 4.14. The van der Waals surface area contributed by atoms with Crippen LogP contribution in [0.5, 0.6) is 0 Å². The van der Waals surface area contributed by atoms with E-state index in [4.69, 9.17) is 10.5 Å². The second-order valence-electron chi connectivity index (χ2n) is 7.41. The molecule has 21 heavy (non-hydrogen) atoms. The van der Waals surface area contributed by atoms with Crippen molar-refractivity contribution in [2.24, 2.45) is 11.7 Å². The van der Waals surface area contributed by atoms with Gasteiger partial charge in [0.15, 0.2) is 0 Å². The molecule has 3 atom stereocenters. The molecule has 0 spiro atoms. The minimum absolute atomic E-state index is 0.152. The van der Waals surface area contributed by atoms with Gasteiger partial charge in [-0.3, -0.25) is 4.90 Å². The first-order valence-corrected chi connectivity index (χ1v) is 8.79. The van der Waals surface area contributed by atoms with Crippen molar-refractivity contribution in [3.05, 3.63) is 0 Å².